The summed E-state index contributed by atoms with van der Waals surface area (Å²) in [5.41, 5.74) is 9.00. The highest BCUT2D eigenvalue weighted by Gasteiger charge is 2.11. The van der Waals surface area contributed by atoms with Gasteiger partial charge in [0.1, 0.15) is 0 Å². The predicted molar refractivity (Wildman–Crippen MR) is 82.2 cm³/mol. The third kappa shape index (κ3) is 3.72. The molecule has 0 fully saturated rings. The fraction of sp³-hybridized carbons (Fsp3) is 0.250. The Balaban J connectivity index is 2.07. The highest BCUT2D eigenvalue weighted by molar-refractivity contribution is 6.30. The molecule has 2 N–H and O–H groups in total. The second-order valence-corrected chi connectivity index (χ2v) is 5.32. The van der Waals surface area contributed by atoms with Crippen LogP contribution in [0.4, 0.5) is 5.69 Å². The molecule has 2 rings (SSSR count). The van der Waals surface area contributed by atoms with Crippen LogP contribution in [0.3, 0.4) is 0 Å². The van der Waals surface area contributed by atoms with Crippen molar-refractivity contribution >= 4 is 17.3 Å². The Bertz CT molecular complexity index is 537. The summed E-state index contributed by atoms with van der Waals surface area (Å²) in [6.07, 6.45) is 0. The average molecular weight is 275 g/mol. The number of halogens is 1. The van der Waals surface area contributed by atoms with Crippen LogP contribution in [0, 0.1) is 0 Å². The van der Waals surface area contributed by atoms with E-state index >= 15 is 0 Å². The van der Waals surface area contributed by atoms with Gasteiger partial charge < -0.3 is 5.73 Å². The zero-order valence-electron chi connectivity index (χ0n) is 11.3. The average Bonchev–Trinajstić information content (AvgIpc) is 2.39. The molecule has 19 heavy (non-hydrogen) atoms. The van der Waals surface area contributed by atoms with Crippen LogP contribution >= 0.6 is 11.6 Å². The van der Waals surface area contributed by atoms with E-state index in [0.29, 0.717) is 6.04 Å². The zero-order valence-corrected chi connectivity index (χ0v) is 12.1. The fourth-order valence-corrected chi connectivity index (χ4v) is 2.30. The summed E-state index contributed by atoms with van der Waals surface area (Å²) in [6, 6.07) is 16.4. The number of nitrogen functional groups attached to an aromatic ring is 1. The standard InChI is InChI=1S/C16H19ClN2/c1-12(14-6-8-16(18)9-7-14)19(2)11-13-4-3-5-15(17)10-13/h3-10,12H,11,18H2,1-2H3. The van der Waals surface area contributed by atoms with E-state index in [0.717, 1.165) is 17.3 Å². The van der Waals surface area contributed by atoms with Crippen LogP contribution in [-0.2, 0) is 6.54 Å². The summed E-state index contributed by atoms with van der Waals surface area (Å²) in [5.74, 6) is 0. The quantitative estimate of drug-likeness (QED) is 0.850. The maximum atomic E-state index is 6.01. The van der Waals surface area contributed by atoms with Gasteiger partial charge >= 0.3 is 0 Å². The lowest BCUT2D eigenvalue weighted by atomic mass is 10.1. The van der Waals surface area contributed by atoms with Crippen LogP contribution < -0.4 is 5.73 Å². The van der Waals surface area contributed by atoms with Crippen molar-refractivity contribution in [3.05, 3.63) is 64.7 Å². The van der Waals surface area contributed by atoms with Crippen LogP contribution in [0.25, 0.3) is 0 Å². The number of benzene rings is 2. The van der Waals surface area contributed by atoms with Gasteiger partial charge in [-0.3, -0.25) is 4.90 Å². The Morgan fingerprint density at radius 2 is 1.84 bits per heavy atom. The van der Waals surface area contributed by atoms with Gasteiger partial charge in [-0.25, -0.2) is 0 Å². The Morgan fingerprint density at radius 3 is 2.47 bits per heavy atom. The molecule has 2 aromatic carbocycles. The van der Waals surface area contributed by atoms with E-state index in [2.05, 4.69) is 37.1 Å². The molecule has 0 aliphatic carbocycles. The largest absolute Gasteiger partial charge is 0.399 e. The summed E-state index contributed by atoms with van der Waals surface area (Å²) >= 11 is 6.01. The second-order valence-electron chi connectivity index (χ2n) is 4.89. The summed E-state index contributed by atoms with van der Waals surface area (Å²) in [7, 11) is 2.11. The molecule has 0 bridgehead atoms. The third-order valence-corrected chi connectivity index (χ3v) is 3.64. The highest BCUT2D eigenvalue weighted by Crippen LogP contribution is 2.22. The maximum absolute atomic E-state index is 6.01. The van der Waals surface area contributed by atoms with Crippen LogP contribution in [0.1, 0.15) is 24.1 Å². The van der Waals surface area contributed by atoms with Gasteiger partial charge in [0.05, 0.1) is 0 Å². The zero-order chi connectivity index (χ0) is 13.8. The molecule has 2 nitrogen and oxygen atoms in total. The molecule has 100 valence electrons. The Kier molecular flexibility index (Phi) is 4.46. The monoisotopic (exact) mass is 274 g/mol. The summed E-state index contributed by atoms with van der Waals surface area (Å²) in [4.78, 5) is 2.29. The number of rotatable bonds is 4. The van der Waals surface area contributed by atoms with E-state index in [9.17, 15) is 0 Å². The summed E-state index contributed by atoms with van der Waals surface area (Å²) < 4.78 is 0. The lowest BCUT2D eigenvalue weighted by Crippen LogP contribution is -2.21. The third-order valence-electron chi connectivity index (χ3n) is 3.40. The maximum Gasteiger partial charge on any atom is 0.0409 e. The SMILES string of the molecule is CC(c1ccc(N)cc1)N(C)Cc1cccc(Cl)c1. The lowest BCUT2D eigenvalue weighted by molar-refractivity contribution is 0.253. The molecule has 0 aromatic heterocycles. The van der Waals surface area contributed by atoms with Gasteiger partial charge in [0, 0.05) is 23.3 Å². The minimum atomic E-state index is 0.333. The molecule has 2 aromatic rings. The van der Waals surface area contributed by atoms with Crippen molar-refractivity contribution in [3.8, 4) is 0 Å². The van der Waals surface area contributed by atoms with Crippen LogP contribution in [-0.4, -0.2) is 11.9 Å². The van der Waals surface area contributed by atoms with Gasteiger partial charge in [0.15, 0.2) is 0 Å². The summed E-state index contributed by atoms with van der Waals surface area (Å²) in [5, 5.41) is 0.783. The number of hydrogen-bond donors (Lipinski definition) is 1. The molecular weight excluding hydrogens is 256 g/mol. The van der Waals surface area contributed by atoms with Gasteiger partial charge in [0.25, 0.3) is 0 Å². The number of nitrogens with zero attached hydrogens (tertiary/aromatic N) is 1. The minimum absolute atomic E-state index is 0.333. The number of anilines is 1. The minimum Gasteiger partial charge on any atom is -0.399 e. The van der Waals surface area contributed by atoms with E-state index in [1.54, 1.807) is 0 Å². The molecular formula is C16H19ClN2. The van der Waals surface area contributed by atoms with E-state index in [1.165, 1.54) is 11.1 Å². The first-order chi connectivity index (χ1) is 9.06. The van der Waals surface area contributed by atoms with Gasteiger partial charge in [-0.15, -0.1) is 0 Å². The normalized spacial score (nSPS) is 12.6. The molecule has 0 aliphatic heterocycles. The predicted octanol–water partition coefficient (Wildman–Crippen LogP) is 4.12. The van der Waals surface area contributed by atoms with E-state index < -0.39 is 0 Å². The topological polar surface area (TPSA) is 29.3 Å². The fourth-order valence-electron chi connectivity index (χ4n) is 2.09. The van der Waals surface area contributed by atoms with Crippen molar-refractivity contribution in [2.75, 3.05) is 12.8 Å². The van der Waals surface area contributed by atoms with Crippen molar-refractivity contribution in [3.63, 3.8) is 0 Å². The van der Waals surface area contributed by atoms with Crippen molar-refractivity contribution in [2.24, 2.45) is 0 Å². The smallest absolute Gasteiger partial charge is 0.0409 e. The molecule has 3 heteroatoms. The van der Waals surface area contributed by atoms with Crippen LogP contribution in [0.2, 0.25) is 5.02 Å². The first kappa shape index (κ1) is 13.9. The number of hydrogen-bond acceptors (Lipinski definition) is 2. The van der Waals surface area contributed by atoms with Crippen molar-refractivity contribution in [2.45, 2.75) is 19.5 Å². The van der Waals surface area contributed by atoms with Crippen LogP contribution in [0.5, 0.6) is 0 Å². The Labute approximate surface area is 119 Å². The molecule has 1 atom stereocenters. The van der Waals surface area contributed by atoms with E-state index in [4.69, 9.17) is 17.3 Å². The van der Waals surface area contributed by atoms with Crippen molar-refractivity contribution in [1.82, 2.24) is 4.90 Å². The summed E-state index contributed by atoms with van der Waals surface area (Å²) in [6.45, 7) is 3.06. The van der Waals surface area contributed by atoms with Gasteiger partial charge in [-0.2, -0.15) is 0 Å². The molecule has 0 radical (unpaired) electrons. The molecule has 0 aliphatic rings. The molecule has 0 amide bonds. The molecule has 1 unspecified atom stereocenters. The van der Waals surface area contributed by atoms with Crippen LogP contribution in [0.15, 0.2) is 48.5 Å². The van der Waals surface area contributed by atoms with Crippen molar-refractivity contribution in [1.29, 1.82) is 0 Å². The van der Waals surface area contributed by atoms with E-state index in [1.807, 2.05) is 30.3 Å². The van der Waals surface area contributed by atoms with Gasteiger partial charge in [-0.05, 0) is 49.4 Å². The second kappa shape index (κ2) is 6.09. The molecule has 0 saturated carbocycles. The molecule has 0 heterocycles. The molecule has 0 saturated heterocycles. The van der Waals surface area contributed by atoms with Crippen molar-refractivity contribution < 1.29 is 0 Å². The van der Waals surface area contributed by atoms with E-state index in [-0.39, 0.29) is 0 Å². The number of nitrogens with two attached hydrogens (primary N) is 1. The molecule has 0 spiro atoms. The first-order valence-corrected chi connectivity index (χ1v) is 6.74. The van der Waals surface area contributed by atoms with Gasteiger partial charge in [-0.1, -0.05) is 35.9 Å². The highest BCUT2D eigenvalue weighted by atomic mass is 35.5. The lowest BCUT2D eigenvalue weighted by Gasteiger charge is -2.25. The first-order valence-electron chi connectivity index (χ1n) is 6.36. The Morgan fingerprint density at radius 1 is 1.16 bits per heavy atom. The Hall–Kier alpha value is -1.51. The van der Waals surface area contributed by atoms with Gasteiger partial charge in [0.2, 0.25) is 0 Å².